The first-order valence-corrected chi connectivity index (χ1v) is 12.9. The molecule has 0 aromatic heterocycles. The molecule has 0 amide bonds. The van der Waals surface area contributed by atoms with Crippen molar-refractivity contribution in [3.8, 4) is 11.1 Å². The third-order valence-electron chi connectivity index (χ3n) is 6.79. The molecule has 0 nitrogen and oxygen atoms in total. The van der Waals surface area contributed by atoms with Crippen molar-refractivity contribution in [1.82, 2.24) is 0 Å². The topological polar surface area (TPSA) is 0 Å². The monoisotopic (exact) mass is 422 g/mol. The molecule has 0 bridgehead atoms. The summed E-state index contributed by atoms with van der Waals surface area (Å²) in [4.78, 5) is 0. The Kier molecular flexibility index (Phi) is 8.37. The maximum absolute atomic E-state index is 2.41. The lowest BCUT2D eigenvalue weighted by Crippen LogP contribution is -1.88. The van der Waals surface area contributed by atoms with Crippen LogP contribution >= 0.6 is 0 Å². The van der Waals surface area contributed by atoms with E-state index >= 15 is 0 Å². The van der Waals surface area contributed by atoms with Gasteiger partial charge in [-0.15, -0.1) is 0 Å². The molecule has 32 heavy (non-hydrogen) atoms. The SMILES string of the molecule is CCCCCCCCCCCCc1ccc2cc3ccc(-c4ccccc4)cc3cc2c1. The second-order valence-corrected chi connectivity index (χ2v) is 9.39. The van der Waals surface area contributed by atoms with Crippen molar-refractivity contribution >= 4 is 21.5 Å². The number of hydrogen-bond donors (Lipinski definition) is 0. The van der Waals surface area contributed by atoms with Crippen molar-refractivity contribution < 1.29 is 0 Å². The van der Waals surface area contributed by atoms with E-state index in [1.54, 1.807) is 0 Å². The Morgan fingerprint density at radius 2 is 1.03 bits per heavy atom. The van der Waals surface area contributed by atoms with E-state index in [0.717, 1.165) is 0 Å². The first kappa shape index (κ1) is 22.6. The second kappa shape index (κ2) is 11.9. The van der Waals surface area contributed by atoms with Gasteiger partial charge in [0.1, 0.15) is 0 Å². The number of benzene rings is 4. The lowest BCUT2D eigenvalue weighted by Gasteiger charge is -2.08. The van der Waals surface area contributed by atoms with Crippen molar-refractivity contribution in [2.75, 3.05) is 0 Å². The molecule has 4 aromatic carbocycles. The van der Waals surface area contributed by atoms with Crippen LogP contribution in [0.5, 0.6) is 0 Å². The number of hydrogen-bond acceptors (Lipinski definition) is 0. The Morgan fingerprint density at radius 1 is 0.438 bits per heavy atom. The molecule has 0 atom stereocenters. The Hall–Kier alpha value is -2.60. The van der Waals surface area contributed by atoms with E-state index in [-0.39, 0.29) is 0 Å². The Bertz CT molecular complexity index is 1110. The van der Waals surface area contributed by atoms with Crippen molar-refractivity contribution in [2.24, 2.45) is 0 Å². The van der Waals surface area contributed by atoms with Gasteiger partial charge < -0.3 is 0 Å². The average molecular weight is 423 g/mol. The highest BCUT2D eigenvalue weighted by atomic mass is 14.1. The van der Waals surface area contributed by atoms with Gasteiger partial charge in [-0.25, -0.2) is 0 Å². The molecule has 166 valence electrons. The minimum Gasteiger partial charge on any atom is -0.0654 e. The van der Waals surface area contributed by atoms with Crippen LogP contribution in [0.2, 0.25) is 0 Å². The van der Waals surface area contributed by atoms with Crippen molar-refractivity contribution in [3.05, 3.63) is 84.4 Å². The standard InChI is InChI=1S/C32H38/c1-2-3-4-5-6-7-8-9-10-12-15-26-18-19-29-23-30-21-20-28(27-16-13-11-14-17-27)24-32(30)25-31(29)22-26/h11,13-14,16-25H,2-10,12,15H2,1H3. The molecule has 0 unspecified atom stereocenters. The molecule has 0 aliphatic rings. The Labute approximate surface area is 194 Å². The summed E-state index contributed by atoms with van der Waals surface area (Å²) >= 11 is 0. The average Bonchev–Trinajstić information content (AvgIpc) is 2.84. The molecule has 0 saturated heterocycles. The largest absolute Gasteiger partial charge is 0.0654 e. The quantitative estimate of drug-likeness (QED) is 0.157. The molecular weight excluding hydrogens is 384 g/mol. The highest BCUT2D eigenvalue weighted by molar-refractivity contribution is 5.99. The number of fused-ring (bicyclic) bond motifs is 2. The molecule has 4 aromatic rings. The van der Waals surface area contributed by atoms with Crippen LogP contribution in [-0.4, -0.2) is 0 Å². The smallest absolute Gasteiger partial charge is 0.0171 e. The predicted molar refractivity (Wildman–Crippen MR) is 142 cm³/mol. The summed E-state index contributed by atoms with van der Waals surface area (Å²) in [6.07, 6.45) is 15.2. The van der Waals surface area contributed by atoms with Crippen LogP contribution in [0.3, 0.4) is 0 Å². The van der Waals surface area contributed by atoms with Crippen LogP contribution in [0.4, 0.5) is 0 Å². The summed E-state index contributed by atoms with van der Waals surface area (Å²) in [6, 6.07) is 29.3. The van der Waals surface area contributed by atoms with E-state index in [4.69, 9.17) is 0 Å². The van der Waals surface area contributed by atoms with Crippen LogP contribution < -0.4 is 0 Å². The lowest BCUT2D eigenvalue weighted by molar-refractivity contribution is 0.556. The summed E-state index contributed by atoms with van der Waals surface area (Å²) in [5.74, 6) is 0. The fraction of sp³-hybridized carbons (Fsp3) is 0.375. The molecule has 0 saturated carbocycles. The van der Waals surface area contributed by atoms with Crippen molar-refractivity contribution in [3.63, 3.8) is 0 Å². The van der Waals surface area contributed by atoms with Gasteiger partial charge >= 0.3 is 0 Å². The lowest BCUT2D eigenvalue weighted by atomic mass is 9.96. The fourth-order valence-corrected chi connectivity index (χ4v) is 4.83. The van der Waals surface area contributed by atoms with E-state index in [9.17, 15) is 0 Å². The molecule has 4 rings (SSSR count). The zero-order valence-corrected chi connectivity index (χ0v) is 19.8. The van der Waals surface area contributed by atoms with Crippen LogP contribution in [0.25, 0.3) is 32.7 Å². The van der Waals surface area contributed by atoms with Gasteiger partial charge in [0, 0.05) is 0 Å². The highest BCUT2D eigenvalue weighted by Gasteiger charge is 2.03. The number of aryl methyl sites for hydroxylation is 1. The van der Waals surface area contributed by atoms with Crippen LogP contribution in [-0.2, 0) is 6.42 Å². The van der Waals surface area contributed by atoms with Gasteiger partial charge in [0.05, 0.1) is 0 Å². The van der Waals surface area contributed by atoms with Crippen LogP contribution in [0.15, 0.2) is 78.9 Å². The number of rotatable bonds is 12. The number of unbranched alkanes of at least 4 members (excludes halogenated alkanes) is 9. The second-order valence-electron chi connectivity index (χ2n) is 9.39. The maximum Gasteiger partial charge on any atom is -0.0171 e. The summed E-state index contributed by atoms with van der Waals surface area (Å²) in [6.45, 7) is 2.29. The molecule has 0 heteroatoms. The molecule has 0 fully saturated rings. The summed E-state index contributed by atoms with van der Waals surface area (Å²) in [5.41, 5.74) is 4.05. The first-order chi connectivity index (χ1) is 15.8. The molecular formula is C32H38. The van der Waals surface area contributed by atoms with Crippen molar-refractivity contribution in [1.29, 1.82) is 0 Å². The van der Waals surface area contributed by atoms with E-state index in [0.29, 0.717) is 0 Å². The molecule has 0 aliphatic carbocycles. The van der Waals surface area contributed by atoms with Gasteiger partial charge in [0.25, 0.3) is 0 Å². The normalized spacial score (nSPS) is 11.4. The minimum absolute atomic E-state index is 1.20. The predicted octanol–water partition coefficient (Wildman–Crippen LogP) is 10.1. The summed E-state index contributed by atoms with van der Waals surface area (Å²) in [5, 5.41) is 5.36. The van der Waals surface area contributed by atoms with E-state index < -0.39 is 0 Å². The third-order valence-corrected chi connectivity index (χ3v) is 6.79. The van der Waals surface area contributed by atoms with Gasteiger partial charge in [0.15, 0.2) is 0 Å². The van der Waals surface area contributed by atoms with Gasteiger partial charge in [0.2, 0.25) is 0 Å². The van der Waals surface area contributed by atoms with Gasteiger partial charge in [-0.1, -0.05) is 125 Å². The van der Waals surface area contributed by atoms with Gasteiger partial charge in [-0.2, -0.15) is 0 Å². The minimum atomic E-state index is 1.20. The first-order valence-electron chi connectivity index (χ1n) is 12.9. The molecule has 0 N–H and O–H groups in total. The third kappa shape index (κ3) is 6.22. The maximum atomic E-state index is 2.41. The molecule has 0 radical (unpaired) electrons. The highest BCUT2D eigenvalue weighted by Crippen LogP contribution is 2.29. The van der Waals surface area contributed by atoms with E-state index in [2.05, 4.69) is 85.8 Å². The van der Waals surface area contributed by atoms with Crippen LogP contribution in [0.1, 0.15) is 76.7 Å². The zero-order valence-electron chi connectivity index (χ0n) is 19.8. The molecule has 0 aliphatic heterocycles. The summed E-state index contributed by atoms with van der Waals surface area (Å²) < 4.78 is 0. The molecule has 0 heterocycles. The van der Waals surface area contributed by atoms with E-state index in [1.165, 1.54) is 109 Å². The Morgan fingerprint density at radius 3 is 1.75 bits per heavy atom. The van der Waals surface area contributed by atoms with Gasteiger partial charge in [-0.05, 0) is 69.3 Å². The Balaban J connectivity index is 1.33. The molecule has 0 spiro atoms. The zero-order chi connectivity index (χ0) is 22.0. The van der Waals surface area contributed by atoms with Gasteiger partial charge in [-0.3, -0.25) is 0 Å². The van der Waals surface area contributed by atoms with Crippen molar-refractivity contribution in [2.45, 2.75) is 77.6 Å². The summed E-state index contributed by atoms with van der Waals surface area (Å²) in [7, 11) is 0. The van der Waals surface area contributed by atoms with E-state index in [1.807, 2.05) is 0 Å². The van der Waals surface area contributed by atoms with Crippen LogP contribution in [0, 0.1) is 0 Å². The fourth-order valence-electron chi connectivity index (χ4n) is 4.83.